The van der Waals surface area contributed by atoms with E-state index in [1.165, 1.54) is 12.1 Å². The molecular weight excluding hydrogens is 438 g/mol. The second-order valence-electron chi connectivity index (χ2n) is 8.04. The Morgan fingerprint density at radius 3 is 2.47 bits per heavy atom. The average Bonchev–Trinajstić information content (AvgIpc) is 3.16. The number of aromatic amines is 1. The standard InChI is InChI=1S/C23H23ClF2N4O2/c1-13(27-21(31)8-14-5-4-6-16(24)7-14)22(32)28-20-12-19(29-30-20)23(2,3)15-9-17(25)11-18(26)10-15/h4-7,9-13H,8H2,1-3H3,(H,27,31)(H2,28,29,30,32)/t13-/m0/s1. The number of amides is 2. The van der Waals surface area contributed by atoms with Gasteiger partial charge in [-0.25, -0.2) is 8.78 Å². The number of carbonyl (C=O) groups is 2. The van der Waals surface area contributed by atoms with Gasteiger partial charge in [0, 0.05) is 28.3 Å². The Morgan fingerprint density at radius 2 is 1.81 bits per heavy atom. The number of carbonyl (C=O) groups excluding carboxylic acids is 2. The first kappa shape index (κ1) is 23.4. The van der Waals surface area contributed by atoms with E-state index in [9.17, 15) is 18.4 Å². The fraction of sp³-hybridized carbons (Fsp3) is 0.261. The third-order valence-electron chi connectivity index (χ3n) is 5.11. The monoisotopic (exact) mass is 460 g/mol. The zero-order chi connectivity index (χ0) is 23.5. The van der Waals surface area contributed by atoms with Crippen LogP contribution in [0, 0.1) is 11.6 Å². The summed E-state index contributed by atoms with van der Waals surface area (Å²) in [7, 11) is 0. The van der Waals surface area contributed by atoms with Gasteiger partial charge < -0.3 is 10.6 Å². The number of rotatable bonds is 7. The SMILES string of the molecule is C[C@H](NC(=O)Cc1cccc(Cl)c1)C(=O)Nc1cc(C(C)(C)c2cc(F)cc(F)c2)[nH]n1. The molecule has 32 heavy (non-hydrogen) atoms. The molecule has 0 radical (unpaired) electrons. The molecule has 1 heterocycles. The van der Waals surface area contributed by atoms with Gasteiger partial charge in [0.05, 0.1) is 6.42 Å². The highest BCUT2D eigenvalue weighted by Crippen LogP contribution is 2.32. The molecule has 168 valence electrons. The lowest BCUT2D eigenvalue weighted by Crippen LogP contribution is -2.42. The van der Waals surface area contributed by atoms with Crippen molar-refractivity contribution in [3.05, 3.63) is 82.0 Å². The van der Waals surface area contributed by atoms with Gasteiger partial charge in [-0.3, -0.25) is 14.7 Å². The van der Waals surface area contributed by atoms with E-state index in [0.717, 1.165) is 11.6 Å². The van der Waals surface area contributed by atoms with Gasteiger partial charge in [-0.05, 0) is 42.3 Å². The molecule has 6 nitrogen and oxygen atoms in total. The van der Waals surface area contributed by atoms with E-state index in [2.05, 4.69) is 20.8 Å². The molecule has 0 bridgehead atoms. The second kappa shape index (κ2) is 9.48. The average molecular weight is 461 g/mol. The minimum atomic E-state index is -0.813. The molecule has 0 fully saturated rings. The van der Waals surface area contributed by atoms with Gasteiger partial charge in [0.15, 0.2) is 5.82 Å². The summed E-state index contributed by atoms with van der Waals surface area (Å²) in [4.78, 5) is 24.7. The van der Waals surface area contributed by atoms with Crippen molar-refractivity contribution in [1.82, 2.24) is 15.5 Å². The summed E-state index contributed by atoms with van der Waals surface area (Å²) >= 11 is 5.92. The number of nitrogens with one attached hydrogen (secondary N) is 3. The van der Waals surface area contributed by atoms with E-state index in [-0.39, 0.29) is 18.1 Å². The lowest BCUT2D eigenvalue weighted by Gasteiger charge is -2.23. The smallest absolute Gasteiger partial charge is 0.247 e. The molecule has 0 saturated heterocycles. The number of halogens is 3. The number of H-pyrrole nitrogens is 1. The molecule has 9 heteroatoms. The molecule has 2 amide bonds. The van der Waals surface area contributed by atoms with Crippen molar-refractivity contribution in [3.63, 3.8) is 0 Å². The Labute approximate surface area is 189 Å². The van der Waals surface area contributed by atoms with Crippen molar-refractivity contribution < 1.29 is 18.4 Å². The van der Waals surface area contributed by atoms with Crippen LogP contribution in [0.15, 0.2) is 48.5 Å². The van der Waals surface area contributed by atoms with Gasteiger partial charge in [0.2, 0.25) is 11.8 Å². The summed E-state index contributed by atoms with van der Waals surface area (Å²) in [5.41, 5.74) is 0.902. The van der Waals surface area contributed by atoms with Gasteiger partial charge in [-0.2, -0.15) is 5.10 Å². The van der Waals surface area contributed by atoms with E-state index < -0.39 is 29.0 Å². The first-order valence-electron chi connectivity index (χ1n) is 9.91. The molecule has 1 atom stereocenters. The molecule has 3 aromatic rings. The summed E-state index contributed by atoms with van der Waals surface area (Å²) in [5, 5.41) is 12.6. The normalized spacial score (nSPS) is 12.3. The number of benzene rings is 2. The quantitative estimate of drug-likeness (QED) is 0.489. The van der Waals surface area contributed by atoms with Gasteiger partial charge in [-0.1, -0.05) is 37.6 Å². The third kappa shape index (κ3) is 5.70. The minimum absolute atomic E-state index is 0.0864. The molecule has 0 aliphatic heterocycles. The van der Waals surface area contributed by atoms with Crippen LogP contribution >= 0.6 is 11.6 Å². The van der Waals surface area contributed by atoms with Gasteiger partial charge in [-0.15, -0.1) is 0 Å². The Bertz CT molecular complexity index is 1130. The number of anilines is 1. The van der Waals surface area contributed by atoms with Crippen LogP contribution in [0.2, 0.25) is 5.02 Å². The topological polar surface area (TPSA) is 86.9 Å². The van der Waals surface area contributed by atoms with E-state index in [4.69, 9.17) is 11.6 Å². The number of hydrogen-bond acceptors (Lipinski definition) is 3. The van der Waals surface area contributed by atoms with Crippen LogP contribution in [0.1, 0.15) is 37.6 Å². The van der Waals surface area contributed by atoms with E-state index >= 15 is 0 Å². The molecule has 0 spiro atoms. The number of aromatic nitrogens is 2. The van der Waals surface area contributed by atoms with Crippen molar-refractivity contribution in [2.75, 3.05) is 5.32 Å². The molecule has 0 saturated carbocycles. The van der Waals surface area contributed by atoms with Crippen molar-refractivity contribution in [2.24, 2.45) is 0 Å². The van der Waals surface area contributed by atoms with Crippen LogP contribution < -0.4 is 10.6 Å². The largest absolute Gasteiger partial charge is 0.344 e. The third-order valence-corrected chi connectivity index (χ3v) is 5.35. The Kier molecular flexibility index (Phi) is 6.93. The van der Waals surface area contributed by atoms with Crippen molar-refractivity contribution >= 4 is 29.2 Å². The molecule has 0 unspecified atom stereocenters. The first-order chi connectivity index (χ1) is 15.0. The van der Waals surface area contributed by atoms with Crippen LogP contribution in [0.4, 0.5) is 14.6 Å². The highest BCUT2D eigenvalue weighted by atomic mass is 35.5. The Morgan fingerprint density at radius 1 is 1.12 bits per heavy atom. The molecule has 3 rings (SSSR count). The highest BCUT2D eigenvalue weighted by Gasteiger charge is 2.27. The summed E-state index contributed by atoms with van der Waals surface area (Å²) < 4.78 is 27.3. The summed E-state index contributed by atoms with van der Waals surface area (Å²) in [6.45, 7) is 5.11. The van der Waals surface area contributed by atoms with Crippen molar-refractivity contribution in [2.45, 2.75) is 38.6 Å². The second-order valence-corrected chi connectivity index (χ2v) is 8.47. The molecule has 1 aromatic heterocycles. The van der Waals surface area contributed by atoms with Crippen LogP contribution in [0.5, 0.6) is 0 Å². The maximum Gasteiger partial charge on any atom is 0.247 e. The van der Waals surface area contributed by atoms with E-state index in [1.807, 2.05) is 0 Å². The maximum absolute atomic E-state index is 13.6. The lowest BCUT2D eigenvalue weighted by molar-refractivity contribution is -0.125. The first-order valence-corrected chi connectivity index (χ1v) is 10.3. The molecule has 2 aromatic carbocycles. The van der Waals surface area contributed by atoms with Crippen molar-refractivity contribution in [3.8, 4) is 0 Å². The number of hydrogen-bond donors (Lipinski definition) is 3. The molecular formula is C23H23ClF2N4O2. The fourth-order valence-electron chi connectivity index (χ4n) is 3.20. The van der Waals surface area contributed by atoms with Crippen LogP contribution in [0.3, 0.4) is 0 Å². The van der Waals surface area contributed by atoms with Crippen LogP contribution in [-0.4, -0.2) is 28.1 Å². The Balaban J connectivity index is 1.62. The van der Waals surface area contributed by atoms with Crippen molar-refractivity contribution in [1.29, 1.82) is 0 Å². The zero-order valence-corrected chi connectivity index (χ0v) is 18.6. The fourth-order valence-corrected chi connectivity index (χ4v) is 3.41. The van der Waals surface area contributed by atoms with Crippen LogP contribution in [-0.2, 0) is 21.4 Å². The minimum Gasteiger partial charge on any atom is -0.344 e. The zero-order valence-electron chi connectivity index (χ0n) is 17.8. The summed E-state index contributed by atoms with van der Waals surface area (Å²) in [6, 6.07) is 11.0. The predicted molar refractivity (Wildman–Crippen MR) is 118 cm³/mol. The van der Waals surface area contributed by atoms with E-state index in [0.29, 0.717) is 16.3 Å². The summed E-state index contributed by atoms with van der Waals surface area (Å²) in [5.74, 6) is -1.91. The molecule has 0 aliphatic carbocycles. The maximum atomic E-state index is 13.6. The Hall–Kier alpha value is -3.26. The number of nitrogens with zero attached hydrogens (tertiary/aromatic N) is 1. The van der Waals surface area contributed by atoms with Gasteiger partial charge >= 0.3 is 0 Å². The van der Waals surface area contributed by atoms with Crippen LogP contribution in [0.25, 0.3) is 0 Å². The lowest BCUT2D eigenvalue weighted by atomic mass is 9.81. The predicted octanol–water partition coefficient (Wildman–Crippen LogP) is 4.35. The molecule has 0 aliphatic rings. The van der Waals surface area contributed by atoms with E-state index in [1.54, 1.807) is 51.1 Å². The van der Waals surface area contributed by atoms with Gasteiger partial charge in [0.25, 0.3) is 0 Å². The highest BCUT2D eigenvalue weighted by molar-refractivity contribution is 6.30. The van der Waals surface area contributed by atoms with Gasteiger partial charge in [0.1, 0.15) is 17.7 Å². The summed E-state index contributed by atoms with van der Waals surface area (Å²) in [6.07, 6.45) is 0.0864. The molecule has 3 N–H and O–H groups in total.